The first-order valence-electron chi connectivity index (χ1n) is 4.75. The van der Waals surface area contributed by atoms with Crippen LogP contribution in [0.1, 0.15) is 17.9 Å². The molecular weight excluding hydrogens is 268 g/mol. The summed E-state index contributed by atoms with van der Waals surface area (Å²) in [6, 6.07) is 0. The standard InChI is InChI=1S/C9H10O6S2/c1-13-7(10)3-2-5-9(16)8-6(14-5)4-17(11,12)15-8/h16H,2-4H2,1H3. The third-order valence-corrected chi connectivity index (χ3v) is 3.77. The number of hydrogen-bond donors (Lipinski definition) is 1. The molecule has 17 heavy (non-hydrogen) atoms. The number of hydrogen-bond acceptors (Lipinski definition) is 7. The van der Waals surface area contributed by atoms with Gasteiger partial charge in [0.25, 0.3) is 0 Å². The highest BCUT2D eigenvalue weighted by atomic mass is 32.2. The molecular formula is C9H10O6S2. The van der Waals surface area contributed by atoms with E-state index in [4.69, 9.17) is 8.60 Å². The summed E-state index contributed by atoms with van der Waals surface area (Å²) in [6.07, 6.45) is 0.436. The molecule has 1 aromatic heterocycles. The van der Waals surface area contributed by atoms with Crippen molar-refractivity contribution in [1.29, 1.82) is 0 Å². The van der Waals surface area contributed by atoms with Gasteiger partial charge in [0, 0.05) is 6.42 Å². The van der Waals surface area contributed by atoms with Crippen molar-refractivity contribution in [3.05, 3.63) is 11.5 Å². The largest absolute Gasteiger partial charge is 0.469 e. The number of carbonyl (C=O) groups is 1. The maximum atomic E-state index is 11.1. The summed E-state index contributed by atoms with van der Waals surface area (Å²) in [7, 11) is -2.28. The number of rotatable bonds is 3. The predicted molar refractivity (Wildman–Crippen MR) is 59.5 cm³/mol. The molecule has 6 nitrogen and oxygen atoms in total. The second kappa shape index (κ2) is 4.26. The number of ether oxygens (including phenoxy) is 1. The Morgan fingerprint density at radius 3 is 2.82 bits per heavy atom. The fourth-order valence-corrected chi connectivity index (χ4v) is 2.88. The SMILES string of the molecule is COC(=O)CCc1oc2c(c1S)OS(=O)(=O)C2. The Labute approximate surface area is 103 Å². The number of esters is 1. The molecule has 1 aromatic rings. The van der Waals surface area contributed by atoms with Gasteiger partial charge in [-0.2, -0.15) is 8.42 Å². The number of aryl methyl sites for hydroxylation is 1. The van der Waals surface area contributed by atoms with E-state index < -0.39 is 10.1 Å². The van der Waals surface area contributed by atoms with E-state index >= 15 is 0 Å². The van der Waals surface area contributed by atoms with E-state index in [9.17, 15) is 13.2 Å². The number of fused-ring (bicyclic) bond motifs is 1. The Hall–Kier alpha value is -1.15. The summed E-state index contributed by atoms with van der Waals surface area (Å²) in [5.74, 6) is 0.123. The van der Waals surface area contributed by atoms with Crippen LogP contribution >= 0.6 is 12.6 Å². The monoisotopic (exact) mass is 278 g/mol. The first-order chi connectivity index (χ1) is 7.93. The third kappa shape index (κ3) is 2.42. The van der Waals surface area contributed by atoms with Crippen LogP contribution in [-0.2, 0) is 31.8 Å². The van der Waals surface area contributed by atoms with Crippen LogP contribution in [0.2, 0.25) is 0 Å². The van der Waals surface area contributed by atoms with E-state index in [-0.39, 0.29) is 29.7 Å². The molecule has 0 saturated heterocycles. The quantitative estimate of drug-likeness (QED) is 0.502. The van der Waals surface area contributed by atoms with Crippen LogP contribution in [0.15, 0.2) is 9.31 Å². The summed E-state index contributed by atoms with van der Waals surface area (Å²) in [5.41, 5.74) is 0. The lowest BCUT2D eigenvalue weighted by Crippen LogP contribution is -2.04. The minimum atomic E-state index is -3.57. The van der Waals surface area contributed by atoms with Gasteiger partial charge in [-0.3, -0.25) is 4.79 Å². The molecule has 0 bridgehead atoms. The van der Waals surface area contributed by atoms with Gasteiger partial charge in [-0.15, -0.1) is 12.6 Å². The normalized spacial score (nSPS) is 16.4. The number of carbonyl (C=O) groups excluding carboxylic acids is 1. The molecule has 0 radical (unpaired) electrons. The minimum absolute atomic E-state index is 0.133. The van der Waals surface area contributed by atoms with Crippen molar-refractivity contribution < 1.29 is 26.5 Å². The summed E-state index contributed by atoms with van der Waals surface area (Å²) in [6.45, 7) is 0. The highest BCUT2D eigenvalue weighted by Crippen LogP contribution is 2.40. The highest BCUT2D eigenvalue weighted by molar-refractivity contribution is 7.86. The summed E-state index contributed by atoms with van der Waals surface area (Å²) in [4.78, 5) is 11.3. The van der Waals surface area contributed by atoms with Crippen LogP contribution in [-0.4, -0.2) is 21.5 Å². The molecule has 0 aromatic carbocycles. The number of methoxy groups -OCH3 is 1. The molecule has 1 aliphatic heterocycles. The Kier molecular flexibility index (Phi) is 3.09. The van der Waals surface area contributed by atoms with Gasteiger partial charge in [-0.05, 0) is 0 Å². The van der Waals surface area contributed by atoms with Crippen LogP contribution in [0.5, 0.6) is 5.75 Å². The van der Waals surface area contributed by atoms with Gasteiger partial charge in [0.1, 0.15) is 11.5 Å². The first-order valence-corrected chi connectivity index (χ1v) is 6.78. The average Bonchev–Trinajstić information content (AvgIpc) is 2.70. The molecule has 8 heteroatoms. The van der Waals surface area contributed by atoms with Gasteiger partial charge in [0.05, 0.1) is 18.4 Å². The Morgan fingerprint density at radius 1 is 1.53 bits per heavy atom. The summed E-state index contributed by atoms with van der Waals surface area (Å²) in [5, 5.41) is 0. The van der Waals surface area contributed by atoms with Crippen LogP contribution in [0.3, 0.4) is 0 Å². The van der Waals surface area contributed by atoms with E-state index in [1.165, 1.54) is 7.11 Å². The van der Waals surface area contributed by atoms with Crippen LogP contribution in [0, 0.1) is 0 Å². The Balaban J connectivity index is 2.16. The molecule has 1 aliphatic rings. The van der Waals surface area contributed by atoms with Gasteiger partial charge in [0.15, 0.2) is 11.5 Å². The Morgan fingerprint density at radius 2 is 2.24 bits per heavy atom. The lowest BCUT2D eigenvalue weighted by atomic mass is 10.2. The maximum absolute atomic E-state index is 11.1. The zero-order chi connectivity index (χ0) is 12.6. The van der Waals surface area contributed by atoms with Crippen molar-refractivity contribution in [2.45, 2.75) is 23.5 Å². The molecule has 0 N–H and O–H groups in total. The molecule has 0 spiro atoms. The van der Waals surface area contributed by atoms with E-state index in [0.717, 1.165) is 0 Å². The number of furan rings is 1. The third-order valence-electron chi connectivity index (χ3n) is 2.28. The predicted octanol–water partition coefficient (Wildman–Crippen LogP) is 0.896. The minimum Gasteiger partial charge on any atom is -0.469 e. The fourth-order valence-electron chi connectivity index (χ4n) is 1.49. The van der Waals surface area contributed by atoms with Gasteiger partial charge in [-0.25, -0.2) is 0 Å². The first kappa shape index (κ1) is 12.3. The van der Waals surface area contributed by atoms with Crippen LogP contribution in [0.25, 0.3) is 0 Å². The lowest BCUT2D eigenvalue weighted by molar-refractivity contribution is -0.140. The van der Waals surface area contributed by atoms with Gasteiger partial charge in [-0.1, -0.05) is 0 Å². The van der Waals surface area contributed by atoms with E-state index in [0.29, 0.717) is 17.1 Å². The molecule has 0 saturated carbocycles. The molecule has 0 amide bonds. The van der Waals surface area contributed by atoms with Gasteiger partial charge >= 0.3 is 16.1 Å². The lowest BCUT2D eigenvalue weighted by Gasteiger charge is -1.99. The molecule has 94 valence electrons. The second-order valence-corrected chi connectivity index (χ2v) is 5.51. The second-order valence-electron chi connectivity index (χ2n) is 3.49. The molecule has 0 aliphatic carbocycles. The molecule has 2 heterocycles. The summed E-state index contributed by atoms with van der Waals surface area (Å²) >= 11 is 4.13. The zero-order valence-corrected chi connectivity index (χ0v) is 10.6. The topological polar surface area (TPSA) is 82.8 Å². The van der Waals surface area contributed by atoms with Crippen molar-refractivity contribution in [2.24, 2.45) is 0 Å². The van der Waals surface area contributed by atoms with Crippen LogP contribution in [0.4, 0.5) is 0 Å². The fraction of sp³-hybridized carbons (Fsp3) is 0.444. The van der Waals surface area contributed by atoms with E-state index in [1.54, 1.807) is 0 Å². The van der Waals surface area contributed by atoms with E-state index in [2.05, 4.69) is 17.4 Å². The molecule has 0 atom stereocenters. The van der Waals surface area contributed by atoms with E-state index in [1.807, 2.05) is 0 Å². The molecule has 0 unspecified atom stereocenters. The van der Waals surface area contributed by atoms with Gasteiger partial charge in [0.2, 0.25) is 0 Å². The average molecular weight is 278 g/mol. The number of thiol groups is 1. The molecule has 2 rings (SSSR count). The van der Waals surface area contributed by atoms with Crippen molar-refractivity contribution in [2.75, 3.05) is 7.11 Å². The summed E-state index contributed by atoms with van der Waals surface area (Å²) < 4.78 is 36.8. The maximum Gasteiger partial charge on any atom is 0.316 e. The molecule has 0 fully saturated rings. The highest BCUT2D eigenvalue weighted by Gasteiger charge is 2.34. The van der Waals surface area contributed by atoms with Gasteiger partial charge < -0.3 is 13.3 Å². The zero-order valence-electron chi connectivity index (χ0n) is 8.93. The van der Waals surface area contributed by atoms with Crippen molar-refractivity contribution in [3.8, 4) is 5.75 Å². The smallest absolute Gasteiger partial charge is 0.316 e. The van der Waals surface area contributed by atoms with Crippen molar-refractivity contribution in [3.63, 3.8) is 0 Å². The van der Waals surface area contributed by atoms with Crippen molar-refractivity contribution >= 4 is 28.7 Å². The van der Waals surface area contributed by atoms with Crippen LogP contribution < -0.4 is 4.18 Å². The Bertz CT molecular complexity index is 556. The van der Waals surface area contributed by atoms with Crippen molar-refractivity contribution in [1.82, 2.24) is 0 Å².